The van der Waals surface area contributed by atoms with Gasteiger partial charge in [-0.05, 0) is 18.4 Å². The molecule has 3 rings (SSSR count). The van der Waals surface area contributed by atoms with E-state index in [1.807, 2.05) is 30.3 Å². The Labute approximate surface area is 129 Å². The second-order valence-corrected chi connectivity index (χ2v) is 5.66. The van der Waals surface area contributed by atoms with Gasteiger partial charge in [0.25, 0.3) is 5.91 Å². The van der Waals surface area contributed by atoms with Crippen molar-refractivity contribution in [2.45, 2.75) is 25.0 Å². The normalized spacial score (nSPS) is 24.9. The summed E-state index contributed by atoms with van der Waals surface area (Å²) in [4.78, 5) is 25.9. The molecule has 2 aliphatic rings. The molecule has 1 atom stereocenters. The Kier molecular flexibility index (Phi) is 4.29. The summed E-state index contributed by atoms with van der Waals surface area (Å²) in [6.07, 6.45) is 0.972. The fourth-order valence-corrected chi connectivity index (χ4v) is 2.93. The van der Waals surface area contributed by atoms with Crippen LogP contribution in [0.15, 0.2) is 30.3 Å². The Morgan fingerprint density at radius 3 is 2.95 bits per heavy atom. The van der Waals surface area contributed by atoms with Crippen molar-refractivity contribution in [3.05, 3.63) is 35.9 Å². The van der Waals surface area contributed by atoms with E-state index in [4.69, 9.17) is 9.47 Å². The third-order valence-electron chi connectivity index (χ3n) is 4.10. The first-order valence-corrected chi connectivity index (χ1v) is 7.57. The van der Waals surface area contributed by atoms with Crippen LogP contribution in [0.5, 0.6) is 0 Å². The summed E-state index contributed by atoms with van der Waals surface area (Å²) in [5.41, 5.74) is 0.0386. The van der Waals surface area contributed by atoms with E-state index >= 15 is 0 Å². The van der Waals surface area contributed by atoms with Gasteiger partial charge < -0.3 is 19.7 Å². The third kappa shape index (κ3) is 3.06. The first-order chi connectivity index (χ1) is 10.7. The van der Waals surface area contributed by atoms with Gasteiger partial charge in [-0.15, -0.1) is 0 Å². The number of carbonyl (C=O) groups is 2. The summed E-state index contributed by atoms with van der Waals surface area (Å²) in [6.45, 7) is 2.09. The van der Waals surface area contributed by atoms with E-state index in [0.717, 1.165) is 12.0 Å². The highest BCUT2D eigenvalue weighted by atomic mass is 16.6. The average Bonchev–Trinajstić information content (AvgIpc) is 2.57. The van der Waals surface area contributed by atoms with Crippen molar-refractivity contribution >= 4 is 12.0 Å². The van der Waals surface area contributed by atoms with Crippen LogP contribution in [-0.2, 0) is 20.9 Å². The quantitative estimate of drug-likeness (QED) is 0.894. The van der Waals surface area contributed by atoms with Crippen molar-refractivity contribution in [1.29, 1.82) is 0 Å². The van der Waals surface area contributed by atoms with E-state index in [1.54, 1.807) is 4.90 Å². The van der Waals surface area contributed by atoms with Crippen molar-refractivity contribution in [3.8, 4) is 0 Å². The van der Waals surface area contributed by atoms with Crippen LogP contribution in [-0.4, -0.2) is 48.7 Å². The summed E-state index contributed by atoms with van der Waals surface area (Å²) in [7, 11) is 0. The highest BCUT2D eigenvalue weighted by molar-refractivity contribution is 5.87. The average molecular weight is 304 g/mol. The summed E-state index contributed by atoms with van der Waals surface area (Å²) < 4.78 is 11.0. The first kappa shape index (κ1) is 14.8. The van der Waals surface area contributed by atoms with E-state index in [2.05, 4.69) is 5.32 Å². The Morgan fingerprint density at radius 1 is 1.36 bits per heavy atom. The highest BCUT2D eigenvalue weighted by Crippen LogP contribution is 2.27. The molecular weight excluding hydrogens is 284 g/mol. The number of amides is 2. The van der Waals surface area contributed by atoms with E-state index < -0.39 is 11.7 Å². The van der Waals surface area contributed by atoms with Crippen LogP contribution in [0.2, 0.25) is 0 Å². The van der Waals surface area contributed by atoms with Crippen LogP contribution in [0.3, 0.4) is 0 Å². The number of likely N-dealkylation sites (tertiary alicyclic amines) is 1. The maximum atomic E-state index is 12.2. The van der Waals surface area contributed by atoms with Gasteiger partial charge in [-0.2, -0.15) is 0 Å². The standard InChI is InChI=1S/C16H20N2O4/c19-14-16(22-10-8-17-14)7-4-9-18(12-16)15(20)21-11-13-5-2-1-3-6-13/h1-3,5-6H,4,7-12H2,(H,17,19). The van der Waals surface area contributed by atoms with Crippen molar-refractivity contribution in [3.63, 3.8) is 0 Å². The zero-order valence-electron chi connectivity index (χ0n) is 12.4. The number of nitrogens with zero attached hydrogens (tertiary/aromatic N) is 1. The number of piperidine rings is 1. The molecule has 2 saturated heterocycles. The zero-order valence-corrected chi connectivity index (χ0v) is 12.4. The van der Waals surface area contributed by atoms with Crippen LogP contribution in [0.25, 0.3) is 0 Å². The number of nitrogens with one attached hydrogen (secondary N) is 1. The minimum atomic E-state index is -0.901. The van der Waals surface area contributed by atoms with Gasteiger partial charge in [-0.3, -0.25) is 4.79 Å². The minimum absolute atomic E-state index is 0.126. The molecule has 1 spiro atoms. The molecule has 118 valence electrons. The molecule has 2 amide bonds. The Bertz CT molecular complexity index is 544. The molecule has 0 saturated carbocycles. The second-order valence-electron chi connectivity index (χ2n) is 5.66. The van der Waals surface area contributed by atoms with E-state index in [9.17, 15) is 9.59 Å². The topological polar surface area (TPSA) is 67.9 Å². The fraction of sp³-hybridized carbons (Fsp3) is 0.500. The van der Waals surface area contributed by atoms with Crippen molar-refractivity contribution in [2.75, 3.05) is 26.2 Å². The molecule has 2 heterocycles. The fourth-order valence-electron chi connectivity index (χ4n) is 2.93. The summed E-state index contributed by atoms with van der Waals surface area (Å²) in [5, 5.41) is 2.82. The maximum absolute atomic E-state index is 12.2. The van der Waals surface area contributed by atoms with E-state index in [1.165, 1.54) is 0 Å². The summed E-state index contributed by atoms with van der Waals surface area (Å²) >= 11 is 0. The molecule has 6 nitrogen and oxygen atoms in total. The largest absolute Gasteiger partial charge is 0.445 e. The van der Waals surface area contributed by atoms with Gasteiger partial charge in [-0.1, -0.05) is 30.3 Å². The smallest absolute Gasteiger partial charge is 0.410 e. The molecule has 1 unspecified atom stereocenters. The molecule has 2 fully saturated rings. The number of ether oxygens (including phenoxy) is 2. The highest BCUT2D eigenvalue weighted by Gasteiger charge is 2.46. The molecule has 1 aromatic carbocycles. The van der Waals surface area contributed by atoms with Gasteiger partial charge >= 0.3 is 6.09 Å². The molecule has 1 N–H and O–H groups in total. The molecular formula is C16H20N2O4. The summed E-state index contributed by atoms with van der Waals surface area (Å²) in [5.74, 6) is -0.126. The number of carbonyl (C=O) groups excluding carboxylic acids is 2. The van der Waals surface area contributed by atoms with Gasteiger partial charge in [-0.25, -0.2) is 4.79 Å². The number of hydrogen-bond acceptors (Lipinski definition) is 4. The lowest BCUT2D eigenvalue weighted by Gasteiger charge is -2.42. The lowest BCUT2D eigenvalue weighted by atomic mass is 9.91. The Hall–Kier alpha value is -2.08. The molecule has 2 aliphatic heterocycles. The van der Waals surface area contributed by atoms with Gasteiger partial charge in [0.1, 0.15) is 6.61 Å². The zero-order chi connectivity index (χ0) is 15.4. The molecule has 22 heavy (non-hydrogen) atoms. The molecule has 0 bridgehead atoms. The molecule has 1 aromatic rings. The Balaban J connectivity index is 1.59. The SMILES string of the molecule is O=C(OCc1ccccc1)N1CCCC2(C1)OCCNC2=O. The molecule has 0 aliphatic carbocycles. The lowest BCUT2D eigenvalue weighted by molar-refractivity contribution is -0.162. The minimum Gasteiger partial charge on any atom is -0.445 e. The van der Waals surface area contributed by atoms with Crippen LogP contribution >= 0.6 is 0 Å². The second kappa shape index (κ2) is 6.36. The Morgan fingerprint density at radius 2 is 2.18 bits per heavy atom. The van der Waals surface area contributed by atoms with Crippen LogP contribution in [0.1, 0.15) is 18.4 Å². The number of hydrogen-bond donors (Lipinski definition) is 1. The monoisotopic (exact) mass is 304 g/mol. The first-order valence-electron chi connectivity index (χ1n) is 7.57. The predicted octanol–water partition coefficient (Wildman–Crippen LogP) is 1.30. The van der Waals surface area contributed by atoms with E-state index in [0.29, 0.717) is 26.1 Å². The third-order valence-corrected chi connectivity index (χ3v) is 4.10. The number of rotatable bonds is 2. The maximum Gasteiger partial charge on any atom is 0.410 e. The van der Waals surface area contributed by atoms with Crippen LogP contribution in [0.4, 0.5) is 4.79 Å². The van der Waals surface area contributed by atoms with Gasteiger partial charge in [0.2, 0.25) is 0 Å². The van der Waals surface area contributed by atoms with Crippen LogP contribution in [0, 0.1) is 0 Å². The van der Waals surface area contributed by atoms with Gasteiger partial charge in [0.05, 0.1) is 13.2 Å². The molecule has 6 heteroatoms. The van der Waals surface area contributed by atoms with Crippen molar-refractivity contribution in [1.82, 2.24) is 10.2 Å². The van der Waals surface area contributed by atoms with Gasteiger partial charge in [0, 0.05) is 13.1 Å². The van der Waals surface area contributed by atoms with Crippen molar-refractivity contribution < 1.29 is 19.1 Å². The van der Waals surface area contributed by atoms with Crippen LogP contribution < -0.4 is 5.32 Å². The number of benzene rings is 1. The summed E-state index contributed by atoms with van der Waals surface area (Å²) in [6, 6.07) is 9.53. The number of morpholine rings is 1. The molecule has 0 aromatic heterocycles. The lowest BCUT2D eigenvalue weighted by Crippen LogP contribution is -2.63. The van der Waals surface area contributed by atoms with E-state index in [-0.39, 0.29) is 19.1 Å². The predicted molar refractivity (Wildman–Crippen MR) is 79.1 cm³/mol. The van der Waals surface area contributed by atoms with Crippen molar-refractivity contribution in [2.24, 2.45) is 0 Å². The van der Waals surface area contributed by atoms with Gasteiger partial charge in [0.15, 0.2) is 5.60 Å². The molecule has 0 radical (unpaired) electrons.